The number of carbonyl (C=O) groups excluding carboxylic acids is 1. The van der Waals surface area contributed by atoms with Crippen molar-refractivity contribution >= 4 is 17.2 Å². The topological polar surface area (TPSA) is 42.4 Å². The lowest BCUT2D eigenvalue weighted by Crippen LogP contribution is -2.27. The lowest BCUT2D eigenvalue weighted by atomic mass is 10.2. The summed E-state index contributed by atoms with van der Waals surface area (Å²) in [4.78, 5) is 19.0. The van der Waals surface area contributed by atoms with E-state index in [0.29, 0.717) is 18.0 Å². The fourth-order valence-electron chi connectivity index (χ4n) is 1.82. The van der Waals surface area contributed by atoms with Crippen molar-refractivity contribution in [3.05, 3.63) is 41.4 Å². The van der Waals surface area contributed by atoms with Crippen molar-refractivity contribution in [2.45, 2.75) is 6.42 Å². The van der Waals surface area contributed by atoms with Gasteiger partial charge < -0.3 is 9.64 Å². The Morgan fingerprint density at radius 2 is 2.10 bits per heavy atom. The summed E-state index contributed by atoms with van der Waals surface area (Å²) in [5, 5.41) is 0.874. The number of nitrogens with zero attached hydrogens (tertiary/aromatic N) is 2. The molecule has 0 atom stereocenters. The van der Waals surface area contributed by atoms with Gasteiger partial charge in [0, 0.05) is 32.9 Å². The molecule has 1 aromatic carbocycles. The van der Waals surface area contributed by atoms with Crippen molar-refractivity contribution in [3.63, 3.8) is 0 Å². The molecule has 0 saturated carbocycles. The molecule has 0 unspecified atom stereocenters. The Hall–Kier alpha value is -1.72. The molecular formula is C15H18N2O2S. The number of hydrogen-bond acceptors (Lipinski definition) is 4. The van der Waals surface area contributed by atoms with E-state index in [-0.39, 0.29) is 5.91 Å². The van der Waals surface area contributed by atoms with Gasteiger partial charge in [0.1, 0.15) is 9.88 Å². The predicted molar refractivity (Wildman–Crippen MR) is 81.0 cm³/mol. The molecule has 0 aliphatic heterocycles. The number of aromatic nitrogens is 1. The highest BCUT2D eigenvalue weighted by molar-refractivity contribution is 7.16. The maximum absolute atomic E-state index is 12.2. The van der Waals surface area contributed by atoms with Crippen LogP contribution in [0.3, 0.4) is 0 Å². The van der Waals surface area contributed by atoms with Crippen molar-refractivity contribution < 1.29 is 9.53 Å². The van der Waals surface area contributed by atoms with Gasteiger partial charge in [0.15, 0.2) is 0 Å². The standard InChI is InChI=1S/C15H18N2O2S/c1-17(9-6-10-19-2)15(18)13-11-16-14(20-13)12-7-4-3-5-8-12/h3-5,7-8,11H,6,9-10H2,1-2H3. The SMILES string of the molecule is COCCCN(C)C(=O)c1cnc(-c2ccccc2)s1. The summed E-state index contributed by atoms with van der Waals surface area (Å²) < 4.78 is 4.99. The van der Waals surface area contributed by atoms with Gasteiger partial charge in [0.05, 0.1) is 6.20 Å². The molecule has 2 rings (SSSR count). The first kappa shape index (κ1) is 14.7. The molecule has 0 spiro atoms. The molecule has 0 aliphatic carbocycles. The summed E-state index contributed by atoms with van der Waals surface area (Å²) in [7, 11) is 3.47. The van der Waals surface area contributed by atoms with Crippen LogP contribution in [0.15, 0.2) is 36.5 Å². The van der Waals surface area contributed by atoms with Gasteiger partial charge in [0.2, 0.25) is 0 Å². The molecule has 1 aromatic heterocycles. The molecule has 0 aliphatic rings. The normalized spacial score (nSPS) is 10.5. The average Bonchev–Trinajstić information content (AvgIpc) is 2.97. The number of thiazole rings is 1. The number of rotatable bonds is 6. The summed E-state index contributed by atoms with van der Waals surface area (Å²) >= 11 is 1.43. The van der Waals surface area contributed by atoms with E-state index in [9.17, 15) is 4.79 Å². The Kier molecular flexibility index (Phi) is 5.26. The summed E-state index contributed by atoms with van der Waals surface area (Å²) in [6.45, 7) is 1.35. The van der Waals surface area contributed by atoms with E-state index >= 15 is 0 Å². The summed E-state index contributed by atoms with van der Waals surface area (Å²) in [6.07, 6.45) is 2.49. The minimum absolute atomic E-state index is 0.0146. The van der Waals surface area contributed by atoms with Gasteiger partial charge in [-0.25, -0.2) is 4.98 Å². The fourth-order valence-corrected chi connectivity index (χ4v) is 2.74. The highest BCUT2D eigenvalue weighted by Gasteiger charge is 2.15. The molecule has 0 fully saturated rings. The first-order valence-corrected chi connectivity index (χ1v) is 7.29. The van der Waals surface area contributed by atoms with Gasteiger partial charge in [-0.1, -0.05) is 30.3 Å². The predicted octanol–water partition coefficient (Wildman–Crippen LogP) is 2.92. The van der Waals surface area contributed by atoms with Crippen LogP contribution in [0.2, 0.25) is 0 Å². The van der Waals surface area contributed by atoms with Crippen molar-refractivity contribution in [2.24, 2.45) is 0 Å². The number of methoxy groups -OCH3 is 1. The zero-order valence-electron chi connectivity index (χ0n) is 11.7. The molecule has 5 heteroatoms. The van der Waals surface area contributed by atoms with E-state index in [0.717, 1.165) is 17.0 Å². The molecular weight excluding hydrogens is 272 g/mol. The number of ether oxygens (including phenoxy) is 1. The van der Waals surface area contributed by atoms with Crippen LogP contribution in [0.1, 0.15) is 16.1 Å². The Morgan fingerprint density at radius 1 is 1.35 bits per heavy atom. The zero-order valence-corrected chi connectivity index (χ0v) is 12.5. The monoisotopic (exact) mass is 290 g/mol. The first-order chi connectivity index (χ1) is 9.72. The Balaban J connectivity index is 2.03. The van der Waals surface area contributed by atoms with Gasteiger partial charge in [-0.2, -0.15) is 0 Å². The second-order valence-electron chi connectivity index (χ2n) is 4.47. The van der Waals surface area contributed by atoms with E-state index in [1.807, 2.05) is 30.3 Å². The van der Waals surface area contributed by atoms with Gasteiger partial charge in [-0.3, -0.25) is 4.79 Å². The molecule has 20 heavy (non-hydrogen) atoms. The second kappa shape index (κ2) is 7.17. The van der Waals surface area contributed by atoms with Gasteiger partial charge in [0.25, 0.3) is 5.91 Å². The summed E-state index contributed by atoms with van der Waals surface area (Å²) in [5.74, 6) is 0.0146. The Bertz CT molecular complexity index is 554. The number of benzene rings is 1. The van der Waals surface area contributed by atoms with Crippen LogP contribution in [0, 0.1) is 0 Å². The van der Waals surface area contributed by atoms with Crippen molar-refractivity contribution in [2.75, 3.05) is 27.3 Å². The highest BCUT2D eigenvalue weighted by Crippen LogP contribution is 2.25. The van der Waals surface area contributed by atoms with E-state index in [2.05, 4.69) is 4.98 Å². The summed E-state index contributed by atoms with van der Waals surface area (Å²) in [6, 6.07) is 9.89. The smallest absolute Gasteiger partial charge is 0.265 e. The van der Waals surface area contributed by atoms with Crippen molar-refractivity contribution in [1.29, 1.82) is 0 Å². The lowest BCUT2D eigenvalue weighted by molar-refractivity contribution is 0.0784. The number of hydrogen-bond donors (Lipinski definition) is 0. The third kappa shape index (κ3) is 3.65. The molecule has 0 bridgehead atoms. The summed E-state index contributed by atoms with van der Waals surface area (Å²) in [5.41, 5.74) is 1.04. The van der Waals surface area contributed by atoms with Crippen molar-refractivity contribution in [1.82, 2.24) is 9.88 Å². The molecule has 106 valence electrons. The number of carbonyl (C=O) groups is 1. The largest absolute Gasteiger partial charge is 0.385 e. The van der Waals surface area contributed by atoms with Gasteiger partial charge >= 0.3 is 0 Å². The van der Waals surface area contributed by atoms with E-state index in [1.165, 1.54) is 11.3 Å². The second-order valence-corrected chi connectivity index (χ2v) is 5.50. The van der Waals surface area contributed by atoms with Crippen molar-refractivity contribution in [3.8, 4) is 10.6 Å². The van der Waals surface area contributed by atoms with Gasteiger partial charge in [-0.05, 0) is 6.42 Å². The van der Waals surface area contributed by atoms with E-state index in [1.54, 1.807) is 25.3 Å². The van der Waals surface area contributed by atoms with Crippen LogP contribution >= 0.6 is 11.3 Å². The Labute approximate surface area is 123 Å². The van der Waals surface area contributed by atoms with Crippen LogP contribution in [-0.2, 0) is 4.74 Å². The van der Waals surface area contributed by atoms with E-state index in [4.69, 9.17) is 4.74 Å². The average molecular weight is 290 g/mol. The van der Waals surface area contributed by atoms with Crippen LogP contribution < -0.4 is 0 Å². The zero-order chi connectivity index (χ0) is 14.4. The van der Waals surface area contributed by atoms with Gasteiger partial charge in [-0.15, -0.1) is 11.3 Å². The maximum atomic E-state index is 12.2. The number of amides is 1. The maximum Gasteiger partial charge on any atom is 0.265 e. The quantitative estimate of drug-likeness (QED) is 0.768. The molecule has 0 radical (unpaired) electrons. The minimum atomic E-state index is 0.0146. The minimum Gasteiger partial charge on any atom is -0.385 e. The van der Waals surface area contributed by atoms with E-state index < -0.39 is 0 Å². The Morgan fingerprint density at radius 3 is 2.80 bits per heavy atom. The molecule has 1 amide bonds. The highest BCUT2D eigenvalue weighted by atomic mass is 32.1. The van der Waals surface area contributed by atoms with Crippen LogP contribution in [0.5, 0.6) is 0 Å². The van der Waals surface area contributed by atoms with Crippen LogP contribution in [0.25, 0.3) is 10.6 Å². The molecule has 0 N–H and O–H groups in total. The lowest BCUT2D eigenvalue weighted by Gasteiger charge is -2.15. The third-order valence-electron chi connectivity index (χ3n) is 2.93. The van der Waals surface area contributed by atoms with Crippen LogP contribution in [-0.4, -0.2) is 43.1 Å². The molecule has 1 heterocycles. The molecule has 0 saturated heterocycles. The molecule has 4 nitrogen and oxygen atoms in total. The first-order valence-electron chi connectivity index (χ1n) is 6.48. The fraction of sp³-hybridized carbons (Fsp3) is 0.333. The van der Waals surface area contributed by atoms with Crippen LogP contribution in [0.4, 0.5) is 0 Å². The third-order valence-corrected chi connectivity index (χ3v) is 3.96. The molecule has 2 aromatic rings.